The minimum atomic E-state index is 0.126. The minimum absolute atomic E-state index is 0.126. The standard InChI is InChI=1S/C15H20NO.C13H19N2.2C9H14N.4W/c1-10-11(2)14(17-7)8-13(16-6)12(10)9-15(3,4)5;1-9-10(2)15(7)12(14-6)11(9)8-13(3,4)5;1-8(10-5)6-7-9(2,3)4;1-5-10-8-6-7-9(2,3)4;;;;/h6,8H,1-5,7H3;6H,1-5,7H3;5-6H,1-4H3;6,8H,1-4H3;;;;/q4*-1;;;;. The van der Waals surface area contributed by atoms with Gasteiger partial charge in [-0.3, -0.25) is 0 Å². The predicted octanol–water partition coefficient (Wildman–Crippen LogP) is 11.0. The molecule has 0 aliphatic carbocycles. The van der Waals surface area contributed by atoms with Crippen LogP contribution in [-0.4, -0.2) is 53.8 Å². The van der Waals surface area contributed by atoms with Crippen molar-refractivity contribution in [2.45, 2.75) is 125 Å². The van der Waals surface area contributed by atoms with E-state index < -0.39 is 0 Å². The quantitative estimate of drug-likeness (QED) is 0.182. The monoisotopic (exact) mass is 1440 g/mol. The first-order valence-electron chi connectivity index (χ1n) is 18.3. The maximum atomic E-state index is 5.54. The Morgan fingerprint density at radius 2 is 1.21 bits per heavy atom. The molecule has 0 spiro atoms. The summed E-state index contributed by atoms with van der Waals surface area (Å²) in [6.07, 6.45) is 8.93. The first kappa shape index (κ1) is 56.8. The summed E-state index contributed by atoms with van der Waals surface area (Å²) in [7, 11) is 3.69. The molecule has 0 radical (unpaired) electrons. The zero-order valence-corrected chi connectivity index (χ0v) is 49.6. The first-order valence-corrected chi connectivity index (χ1v) is 24.1. The van der Waals surface area contributed by atoms with Crippen LogP contribution >= 0.6 is 0 Å². The predicted molar refractivity (Wildman–Crippen MR) is 234 cm³/mol. The van der Waals surface area contributed by atoms with Crippen molar-refractivity contribution < 1.29 is 82.2 Å². The van der Waals surface area contributed by atoms with Crippen molar-refractivity contribution in [1.82, 2.24) is 4.57 Å². The number of nitrogens with zero attached hydrogens (tertiary/aromatic N) is 5. The Hall–Kier alpha value is -1.31. The molecule has 310 valence electrons. The van der Waals surface area contributed by atoms with E-state index in [1.807, 2.05) is 33.0 Å². The van der Waals surface area contributed by atoms with Crippen molar-refractivity contribution in [2.24, 2.45) is 48.7 Å². The van der Waals surface area contributed by atoms with Gasteiger partial charge in [-0.1, -0.05) is 0 Å². The molecular formula is C46H67N5OW4-4. The van der Waals surface area contributed by atoms with E-state index in [0.717, 1.165) is 32.5 Å². The third kappa shape index (κ3) is 19.6. The molecule has 2 aromatic rings. The van der Waals surface area contributed by atoms with Crippen LogP contribution in [0.4, 0.5) is 11.5 Å². The molecule has 10 heteroatoms. The molecule has 2 rings (SSSR count). The van der Waals surface area contributed by atoms with Crippen LogP contribution in [0.5, 0.6) is 5.75 Å². The van der Waals surface area contributed by atoms with Gasteiger partial charge in [0.05, 0.1) is 0 Å². The number of aromatic nitrogens is 1. The van der Waals surface area contributed by atoms with Crippen molar-refractivity contribution in [3.63, 3.8) is 0 Å². The van der Waals surface area contributed by atoms with Crippen LogP contribution < -0.4 is 4.74 Å². The number of benzene rings is 1. The molecule has 0 N–H and O–H groups in total. The van der Waals surface area contributed by atoms with E-state index in [1.165, 1.54) is 117 Å². The Kier molecular flexibility index (Phi) is 25.0. The number of rotatable bonds is 9. The van der Waals surface area contributed by atoms with E-state index in [0.29, 0.717) is 0 Å². The molecule has 0 atom stereocenters. The molecule has 0 saturated heterocycles. The van der Waals surface area contributed by atoms with Crippen LogP contribution in [0.15, 0.2) is 43.9 Å². The fourth-order valence-corrected chi connectivity index (χ4v) is 7.08. The van der Waals surface area contributed by atoms with Gasteiger partial charge in [0.1, 0.15) is 0 Å². The number of hydrogen-bond acceptors (Lipinski definition) is 5. The third-order valence-corrected chi connectivity index (χ3v) is 17.1. The summed E-state index contributed by atoms with van der Waals surface area (Å²) in [6, 6.07) is 1.92. The van der Waals surface area contributed by atoms with Gasteiger partial charge in [-0.25, -0.2) is 0 Å². The molecular weight excluding hydrogens is 1370 g/mol. The molecule has 0 saturated carbocycles. The van der Waals surface area contributed by atoms with Crippen molar-refractivity contribution in [3.8, 4) is 5.75 Å². The molecule has 1 aromatic heterocycles. The van der Waals surface area contributed by atoms with Gasteiger partial charge >= 0.3 is 390 Å². The molecule has 1 heterocycles. The number of aliphatic imine (C=N–C) groups is 4. The Balaban J connectivity index is 0. The molecule has 0 bridgehead atoms. The van der Waals surface area contributed by atoms with Gasteiger partial charge in [0.2, 0.25) is 0 Å². The van der Waals surface area contributed by atoms with Crippen LogP contribution in [0.3, 0.4) is 0 Å². The van der Waals surface area contributed by atoms with E-state index in [2.05, 4.69) is 147 Å². The second-order valence-corrected chi connectivity index (χ2v) is 24.1. The number of methoxy groups -OCH3 is 1. The zero-order valence-electron chi connectivity index (χ0n) is 37.8. The van der Waals surface area contributed by atoms with E-state index in [9.17, 15) is 0 Å². The van der Waals surface area contributed by atoms with E-state index >= 15 is 0 Å². The normalized spacial score (nSPS) is 12.0. The summed E-state index contributed by atoms with van der Waals surface area (Å²) in [5.41, 5.74) is 9.72. The van der Waals surface area contributed by atoms with Crippen LogP contribution in [-0.2, 0) is 84.5 Å². The second-order valence-electron chi connectivity index (χ2n) is 17.5. The Labute approximate surface area is 386 Å². The molecule has 0 amide bonds. The summed E-state index contributed by atoms with van der Waals surface area (Å²) >= 11 is 5.84. The van der Waals surface area contributed by atoms with Gasteiger partial charge in [-0.2, -0.15) is 0 Å². The van der Waals surface area contributed by atoms with Crippen LogP contribution in [0.1, 0.15) is 130 Å². The third-order valence-electron chi connectivity index (χ3n) is 8.22. The van der Waals surface area contributed by atoms with Gasteiger partial charge in [-0.05, 0) is 0 Å². The topological polar surface area (TPSA) is 63.6 Å². The summed E-state index contributed by atoms with van der Waals surface area (Å²) in [4.78, 5) is 15.6. The van der Waals surface area contributed by atoms with Gasteiger partial charge in [-0.15, -0.1) is 0 Å². The van der Waals surface area contributed by atoms with Crippen molar-refractivity contribution >= 4 is 53.6 Å². The molecule has 6 nitrogen and oxygen atoms in total. The average molecular weight is 1440 g/mol. The molecule has 56 heavy (non-hydrogen) atoms. The Morgan fingerprint density at radius 3 is 1.57 bits per heavy atom. The number of allylic oxidation sites excluding steroid dienone is 4. The van der Waals surface area contributed by atoms with Crippen molar-refractivity contribution in [2.75, 3.05) is 7.11 Å². The van der Waals surface area contributed by atoms with Crippen molar-refractivity contribution in [1.29, 1.82) is 0 Å². The fourth-order valence-electron chi connectivity index (χ4n) is 4.44. The molecule has 0 aliphatic heterocycles. The Morgan fingerprint density at radius 1 is 0.732 bits per heavy atom. The van der Waals surface area contributed by atoms with Gasteiger partial charge in [0.25, 0.3) is 0 Å². The summed E-state index contributed by atoms with van der Waals surface area (Å²) < 4.78 is 12.8. The van der Waals surface area contributed by atoms with Gasteiger partial charge in [0, 0.05) is 0 Å². The molecule has 0 fully saturated rings. The molecule has 0 unspecified atom stereocenters. The Bertz CT molecular complexity index is 1850. The van der Waals surface area contributed by atoms with Gasteiger partial charge < -0.3 is 0 Å². The van der Waals surface area contributed by atoms with E-state index in [4.69, 9.17) is 24.9 Å². The fraction of sp³-hybridized carbons (Fsp3) is 0.522. The molecule has 1 aromatic carbocycles. The maximum absolute atomic E-state index is 5.54. The van der Waals surface area contributed by atoms with Crippen LogP contribution in [0.2, 0.25) is 0 Å². The summed E-state index contributed by atoms with van der Waals surface area (Å²) in [6.45, 7) is 54.8. The van der Waals surface area contributed by atoms with E-state index in [-0.39, 0.29) is 21.7 Å². The SMILES string of the molecule is C[C](=[W])N=CC=[C-]C(C)(C)C.[CH-]=NC(C)=C[C](=[W])C(C)(C)C.[CH-]=Nc1c([C](=[W])C(C)(C)C)c(C)c(C)n1C.[CH-]=Nc1cc(OC)c(C)c(C)c1[C](=[W])C(C)(C)C. The first-order chi connectivity index (χ1) is 25.2. The van der Waals surface area contributed by atoms with Gasteiger partial charge in [0.15, 0.2) is 0 Å². The van der Waals surface area contributed by atoms with Crippen LogP contribution in [0.25, 0.3) is 0 Å². The molecule has 0 aliphatic rings. The van der Waals surface area contributed by atoms with Crippen molar-refractivity contribution in [3.05, 3.63) is 63.5 Å². The summed E-state index contributed by atoms with van der Waals surface area (Å²) in [5, 5.41) is 0. The summed E-state index contributed by atoms with van der Waals surface area (Å²) in [5.74, 6) is 1.74. The number of hydrogen-bond donors (Lipinski definition) is 0. The number of ether oxygens (including phenoxy) is 1. The van der Waals surface area contributed by atoms with Crippen LogP contribution in [0, 0.1) is 55.4 Å². The average Bonchev–Trinajstić information content (AvgIpc) is 3.28. The van der Waals surface area contributed by atoms with E-state index in [1.54, 1.807) is 13.3 Å². The second kappa shape index (κ2) is 24.7. The zero-order chi connectivity index (χ0) is 44.7.